The zero-order chi connectivity index (χ0) is 27.0. The number of aromatic hydroxyl groups is 1. The number of hydrogen-bond acceptors (Lipinski definition) is 6. The first-order chi connectivity index (χ1) is 18.2. The number of fused-ring (bicyclic) bond motifs is 1. The van der Waals surface area contributed by atoms with Gasteiger partial charge in [0, 0.05) is 17.8 Å². The van der Waals surface area contributed by atoms with Gasteiger partial charge in [-0.3, -0.25) is 14.3 Å². The number of aromatic nitrogens is 3. The van der Waals surface area contributed by atoms with Gasteiger partial charge in [0.05, 0.1) is 10.9 Å². The summed E-state index contributed by atoms with van der Waals surface area (Å²) in [5.74, 6) is -0.129. The van der Waals surface area contributed by atoms with E-state index in [0.717, 1.165) is 52.9 Å². The van der Waals surface area contributed by atoms with Crippen LogP contribution in [0.25, 0.3) is 11.1 Å². The van der Waals surface area contributed by atoms with Gasteiger partial charge in [0.1, 0.15) is 5.82 Å². The van der Waals surface area contributed by atoms with Gasteiger partial charge >= 0.3 is 0 Å². The highest BCUT2D eigenvalue weighted by atomic mass is 32.2. The number of aryl methyl sites for hydroxylation is 4. The zero-order valence-electron chi connectivity index (χ0n) is 21.8. The fraction of sp³-hybridized carbons (Fsp3) is 0.300. The van der Waals surface area contributed by atoms with Gasteiger partial charge in [-0.25, -0.2) is 8.42 Å². The molecule has 0 saturated heterocycles. The molecule has 1 aliphatic rings. The summed E-state index contributed by atoms with van der Waals surface area (Å²) in [4.78, 5) is 21.0. The Balaban J connectivity index is 1.62. The highest BCUT2D eigenvalue weighted by molar-refractivity contribution is 7.91. The molecule has 2 aromatic heterocycles. The summed E-state index contributed by atoms with van der Waals surface area (Å²) in [6.45, 7) is 5.84. The van der Waals surface area contributed by atoms with Gasteiger partial charge in [-0.05, 0) is 79.6 Å². The van der Waals surface area contributed by atoms with Crippen molar-refractivity contribution in [2.75, 3.05) is 0 Å². The molecule has 5 rings (SSSR count). The first kappa shape index (κ1) is 25.9. The Morgan fingerprint density at radius 2 is 1.66 bits per heavy atom. The maximum Gasteiger partial charge on any atom is 0.296 e. The minimum Gasteiger partial charge on any atom is -0.493 e. The van der Waals surface area contributed by atoms with E-state index in [1.54, 1.807) is 16.7 Å². The molecule has 0 fully saturated rings. The Morgan fingerprint density at radius 3 is 2.34 bits per heavy atom. The Morgan fingerprint density at radius 1 is 0.974 bits per heavy atom. The fourth-order valence-electron chi connectivity index (χ4n) is 5.37. The van der Waals surface area contributed by atoms with Gasteiger partial charge in [0.2, 0.25) is 15.7 Å². The van der Waals surface area contributed by atoms with Crippen LogP contribution in [0.2, 0.25) is 0 Å². The minimum absolute atomic E-state index is 0.0716. The van der Waals surface area contributed by atoms with Gasteiger partial charge in [-0.1, -0.05) is 49.7 Å². The topological polar surface area (TPSA) is 102 Å². The average Bonchev–Trinajstić information content (AvgIpc) is 3.30. The summed E-state index contributed by atoms with van der Waals surface area (Å²) in [6.07, 6.45) is 3.60. The van der Waals surface area contributed by atoms with Crippen LogP contribution in [0.5, 0.6) is 5.88 Å². The van der Waals surface area contributed by atoms with E-state index in [4.69, 9.17) is 0 Å². The van der Waals surface area contributed by atoms with E-state index in [1.807, 2.05) is 57.2 Å². The molecule has 196 valence electrons. The molecular formula is C30H31N3O4S. The van der Waals surface area contributed by atoms with E-state index < -0.39 is 26.2 Å². The second-order valence-electron chi connectivity index (χ2n) is 9.88. The molecule has 1 aliphatic carbocycles. The number of pyridine rings is 1. The Labute approximate surface area is 222 Å². The third-order valence-electron chi connectivity index (χ3n) is 7.15. The van der Waals surface area contributed by atoms with Crippen LogP contribution in [0.1, 0.15) is 60.6 Å². The van der Waals surface area contributed by atoms with Crippen LogP contribution in [0, 0.1) is 13.8 Å². The summed E-state index contributed by atoms with van der Waals surface area (Å²) < 4.78 is 29.1. The molecule has 1 N–H and O–H groups in total. The van der Waals surface area contributed by atoms with Crippen molar-refractivity contribution in [3.63, 3.8) is 0 Å². The number of hydrogen-bond donors (Lipinski definition) is 1. The summed E-state index contributed by atoms with van der Waals surface area (Å²) in [5, 5.41) is 11.5. The largest absolute Gasteiger partial charge is 0.493 e. The normalized spacial score (nSPS) is 15.0. The Bertz CT molecular complexity index is 1650. The zero-order valence-corrected chi connectivity index (χ0v) is 22.6. The second-order valence-corrected chi connectivity index (χ2v) is 11.8. The predicted molar refractivity (Wildman–Crippen MR) is 146 cm³/mol. The van der Waals surface area contributed by atoms with Crippen LogP contribution in [0.15, 0.2) is 75.2 Å². The van der Waals surface area contributed by atoms with Crippen molar-refractivity contribution in [3.05, 3.63) is 99.4 Å². The molecule has 38 heavy (non-hydrogen) atoms. The van der Waals surface area contributed by atoms with Gasteiger partial charge < -0.3 is 5.11 Å². The maximum atomic E-state index is 13.7. The van der Waals surface area contributed by atoms with Crippen LogP contribution in [0.3, 0.4) is 0 Å². The molecule has 0 bridgehead atoms. The van der Waals surface area contributed by atoms with Crippen molar-refractivity contribution >= 4 is 9.84 Å². The van der Waals surface area contributed by atoms with E-state index in [1.165, 1.54) is 12.1 Å². The molecule has 4 aromatic rings. The fourth-order valence-corrected chi connectivity index (χ4v) is 6.72. The van der Waals surface area contributed by atoms with Crippen LogP contribution in [0.4, 0.5) is 0 Å². The molecule has 1 atom stereocenters. The van der Waals surface area contributed by atoms with Crippen molar-refractivity contribution in [3.8, 4) is 17.0 Å². The SMILES string of the molecule is CCCCc1nc(=O)c(S(=O)(=O)c2ccc(-c3cc(C)nc(C)c3)cc2)c(O)n1[C@H]1CCc2ccccc21. The van der Waals surface area contributed by atoms with Crippen molar-refractivity contribution in [2.45, 2.75) is 68.7 Å². The Kier molecular flexibility index (Phi) is 6.92. The van der Waals surface area contributed by atoms with Crippen LogP contribution in [-0.2, 0) is 22.7 Å². The second kappa shape index (κ2) is 10.2. The number of unbranched alkanes of at least 4 members (excludes halogenated alkanes) is 1. The number of nitrogens with zero attached hydrogens (tertiary/aromatic N) is 3. The van der Waals surface area contributed by atoms with E-state index >= 15 is 0 Å². The van der Waals surface area contributed by atoms with Gasteiger partial charge in [0.25, 0.3) is 5.56 Å². The number of sulfone groups is 1. The molecule has 0 aliphatic heterocycles. The molecular weight excluding hydrogens is 498 g/mol. The van der Waals surface area contributed by atoms with Gasteiger partial charge in [-0.15, -0.1) is 0 Å². The van der Waals surface area contributed by atoms with Crippen molar-refractivity contribution in [1.29, 1.82) is 0 Å². The molecule has 7 nitrogen and oxygen atoms in total. The van der Waals surface area contributed by atoms with Crippen molar-refractivity contribution < 1.29 is 13.5 Å². The Hall–Kier alpha value is -3.78. The molecule has 0 unspecified atom stereocenters. The lowest BCUT2D eigenvalue weighted by Crippen LogP contribution is -2.27. The molecule has 8 heteroatoms. The highest BCUT2D eigenvalue weighted by Crippen LogP contribution is 2.39. The van der Waals surface area contributed by atoms with E-state index in [2.05, 4.69) is 9.97 Å². The minimum atomic E-state index is -4.34. The standard InChI is InChI=1S/C30H31N3O4S/c1-4-5-10-27-32-29(34)28(30(35)33(27)26-16-13-22-8-6-7-9-25(22)26)38(36,37)24-14-11-21(12-15-24)23-17-19(2)31-20(3)18-23/h6-9,11-12,14-15,17-18,26,35H,4-5,10,13,16H2,1-3H3/t26-/m0/s1. The van der Waals surface area contributed by atoms with Crippen LogP contribution < -0.4 is 5.56 Å². The lowest BCUT2D eigenvalue weighted by Gasteiger charge is -2.23. The summed E-state index contributed by atoms with van der Waals surface area (Å²) >= 11 is 0. The maximum absolute atomic E-state index is 13.7. The molecule has 2 aromatic carbocycles. The lowest BCUT2D eigenvalue weighted by atomic mass is 10.1. The van der Waals surface area contributed by atoms with E-state index in [9.17, 15) is 18.3 Å². The third kappa shape index (κ3) is 4.65. The summed E-state index contributed by atoms with van der Waals surface area (Å²) in [6, 6.07) is 17.8. The average molecular weight is 530 g/mol. The van der Waals surface area contributed by atoms with Crippen molar-refractivity contribution in [1.82, 2.24) is 14.5 Å². The number of benzene rings is 2. The van der Waals surface area contributed by atoms with Crippen molar-refractivity contribution in [2.24, 2.45) is 0 Å². The predicted octanol–water partition coefficient (Wildman–Crippen LogP) is 5.34. The molecule has 0 saturated carbocycles. The van der Waals surface area contributed by atoms with Gasteiger partial charge in [0.15, 0.2) is 4.90 Å². The quantitative estimate of drug-likeness (QED) is 0.347. The number of rotatable bonds is 7. The summed E-state index contributed by atoms with van der Waals surface area (Å²) in [5.41, 5.74) is 4.72. The van der Waals surface area contributed by atoms with Crippen LogP contribution >= 0.6 is 0 Å². The van der Waals surface area contributed by atoms with Gasteiger partial charge in [-0.2, -0.15) is 4.98 Å². The smallest absolute Gasteiger partial charge is 0.296 e. The third-order valence-corrected chi connectivity index (χ3v) is 8.94. The summed E-state index contributed by atoms with van der Waals surface area (Å²) in [7, 11) is -4.34. The first-order valence-electron chi connectivity index (χ1n) is 12.9. The van der Waals surface area contributed by atoms with E-state index in [-0.39, 0.29) is 10.9 Å². The van der Waals surface area contributed by atoms with E-state index in [0.29, 0.717) is 18.7 Å². The monoisotopic (exact) mass is 529 g/mol. The highest BCUT2D eigenvalue weighted by Gasteiger charge is 2.34. The molecule has 2 heterocycles. The van der Waals surface area contributed by atoms with Crippen LogP contribution in [-0.4, -0.2) is 28.1 Å². The molecule has 0 amide bonds. The molecule has 0 spiro atoms. The first-order valence-corrected chi connectivity index (χ1v) is 14.4. The lowest BCUT2D eigenvalue weighted by molar-refractivity contribution is 0.361. The molecule has 0 radical (unpaired) electrons.